The molecule has 35 heavy (non-hydrogen) atoms. The summed E-state index contributed by atoms with van der Waals surface area (Å²) in [6, 6.07) is -0.160. The Morgan fingerprint density at radius 1 is 0.971 bits per heavy atom. The van der Waals surface area contributed by atoms with Gasteiger partial charge in [0.25, 0.3) is 0 Å². The minimum absolute atomic E-state index is 0.160. The minimum atomic E-state index is -0.160. The molecule has 0 radical (unpaired) electrons. The predicted octanol–water partition coefficient (Wildman–Crippen LogP) is 3.22. The molecule has 4 heterocycles. The van der Waals surface area contributed by atoms with E-state index in [1.807, 2.05) is 11.1 Å². The van der Waals surface area contributed by atoms with E-state index in [9.17, 15) is 4.79 Å². The van der Waals surface area contributed by atoms with Crippen molar-refractivity contribution in [3.63, 3.8) is 0 Å². The Hall–Kier alpha value is -2.68. The fraction of sp³-hybridized carbons (Fsp3) is 0.692. The second-order valence-electron chi connectivity index (χ2n) is 10.8. The van der Waals surface area contributed by atoms with Gasteiger partial charge in [0.1, 0.15) is 11.9 Å². The first kappa shape index (κ1) is 22.8. The number of aryl methyl sites for hydroxylation is 1. The summed E-state index contributed by atoms with van der Waals surface area (Å²) in [6.45, 7) is 4.31. The Morgan fingerprint density at radius 2 is 1.80 bits per heavy atom. The molecule has 1 amide bonds. The van der Waals surface area contributed by atoms with Crippen LogP contribution in [0.25, 0.3) is 0 Å². The molecule has 2 aromatic rings. The van der Waals surface area contributed by atoms with E-state index in [4.69, 9.17) is 9.97 Å². The lowest BCUT2D eigenvalue weighted by Crippen LogP contribution is -2.53. The molecule has 9 nitrogen and oxygen atoms in total. The van der Waals surface area contributed by atoms with Crippen molar-refractivity contribution in [2.24, 2.45) is 0 Å². The molecule has 0 spiro atoms. The maximum Gasteiger partial charge on any atom is 0.245 e. The number of aromatic amines is 1. The number of piperazine rings is 1. The van der Waals surface area contributed by atoms with Gasteiger partial charge in [0.2, 0.25) is 17.8 Å². The number of hydrogen-bond acceptors (Lipinski definition) is 7. The first-order valence-electron chi connectivity index (χ1n) is 13.6. The van der Waals surface area contributed by atoms with Gasteiger partial charge in [-0.05, 0) is 52.0 Å². The van der Waals surface area contributed by atoms with Crippen LogP contribution in [0.5, 0.6) is 0 Å². The average molecular weight is 479 g/mol. The summed E-state index contributed by atoms with van der Waals surface area (Å²) < 4.78 is 0. The number of anilines is 3. The van der Waals surface area contributed by atoms with Gasteiger partial charge in [-0.15, -0.1) is 0 Å². The van der Waals surface area contributed by atoms with Crippen molar-refractivity contribution in [3.8, 4) is 0 Å². The van der Waals surface area contributed by atoms with E-state index in [1.54, 1.807) is 0 Å². The molecule has 2 saturated heterocycles. The molecule has 2 N–H and O–H groups in total. The zero-order valence-electron chi connectivity index (χ0n) is 20.9. The number of hydrogen-bond donors (Lipinski definition) is 2. The van der Waals surface area contributed by atoms with Gasteiger partial charge in [-0.3, -0.25) is 4.79 Å². The zero-order valence-corrected chi connectivity index (χ0v) is 20.9. The van der Waals surface area contributed by atoms with Crippen molar-refractivity contribution in [2.45, 2.75) is 76.2 Å². The van der Waals surface area contributed by atoms with Crippen LogP contribution in [0.2, 0.25) is 0 Å². The second kappa shape index (κ2) is 9.76. The third kappa shape index (κ3) is 4.62. The van der Waals surface area contributed by atoms with E-state index in [0.29, 0.717) is 11.9 Å². The molecule has 3 fully saturated rings. The van der Waals surface area contributed by atoms with Gasteiger partial charge in [0, 0.05) is 49.9 Å². The van der Waals surface area contributed by atoms with E-state index < -0.39 is 0 Å². The van der Waals surface area contributed by atoms with Crippen LogP contribution in [0.1, 0.15) is 74.2 Å². The normalized spacial score (nSPS) is 23.6. The molecular formula is C26H38N8O. The Kier molecular flexibility index (Phi) is 6.35. The van der Waals surface area contributed by atoms with Gasteiger partial charge in [-0.25, -0.2) is 9.97 Å². The van der Waals surface area contributed by atoms with Crippen LogP contribution >= 0.6 is 0 Å². The number of H-pyrrole nitrogens is 1. The number of nitrogens with zero attached hydrogens (tertiary/aromatic N) is 6. The number of aromatic nitrogens is 4. The number of nitrogens with one attached hydrogen (secondary N) is 2. The number of likely N-dealkylation sites (N-methyl/N-ethyl adjacent to an activating group) is 1. The number of amides is 1. The standard InChI is InChI=1S/C26H38N8O/c1-32-13-15-33(16-14-32)24(35)22-11-6-12-34(22)26-29-20-10-5-9-19(20)23(31-26)30-25-27-17-21(28-25)18-7-3-2-4-8-18/h17-18,22H,2-16H2,1H3,(H2,27,28,29,30,31). The summed E-state index contributed by atoms with van der Waals surface area (Å²) in [5.74, 6) is 3.12. The number of imidazole rings is 1. The number of fused-ring (bicyclic) bond motifs is 1. The van der Waals surface area contributed by atoms with Gasteiger partial charge in [0.05, 0.1) is 11.9 Å². The summed E-state index contributed by atoms with van der Waals surface area (Å²) in [7, 11) is 2.12. The molecule has 1 unspecified atom stereocenters. The smallest absolute Gasteiger partial charge is 0.245 e. The van der Waals surface area contributed by atoms with E-state index in [2.05, 4.69) is 32.1 Å². The van der Waals surface area contributed by atoms with Gasteiger partial charge in [-0.1, -0.05) is 19.3 Å². The summed E-state index contributed by atoms with van der Waals surface area (Å²) in [5.41, 5.74) is 3.55. The second-order valence-corrected chi connectivity index (χ2v) is 10.8. The first-order valence-corrected chi connectivity index (χ1v) is 13.6. The molecular weight excluding hydrogens is 440 g/mol. The lowest BCUT2D eigenvalue weighted by Gasteiger charge is -2.36. The summed E-state index contributed by atoms with van der Waals surface area (Å²) >= 11 is 0. The van der Waals surface area contributed by atoms with Crippen molar-refractivity contribution in [3.05, 3.63) is 23.1 Å². The number of rotatable bonds is 5. The maximum atomic E-state index is 13.4. The highest BCUT2D eigenvalue weighted by Gasteiger charge is 2.37. The van der Waals surface area contributed by atoms with Crippen molar-refractivity contribution >= 4 is 23.6 Å². The largest absolute Gasteiger partial charge is 0.338 e. The molecule has 1 saturated carbocycles. The Bertz CT molecular complexity index is 1050. The molecule has 0 aromatic carbocycles. The van der Waals surface area contributed by atoms with Crippen molar-refractivity contribution < 1.29 is 4.79 Å². The lowest BCUT2D eigenvalue weighted by molar-refractivity contribution is -0.134. The summed E-state index contributed by atoms with van der Waals surface area (Å²) in [6.07, 6.45) is 13.3. The lowest BCUT2D eigenvalue weighted by atomic mass is 9.87. The van der Waals surface area contributed by atoms with Crippen molar-refractivity contribution in [2.75, 3.05) is 50.0 Å². The monoisotopic (exact) mass is 478 g/mol. The molecule has 2 aliphatic carbocycles. The van der Waals surface area contributed by atoms with Crippen LogP contribution in [0.15, 0.2) is 6.20 Å². The maximum absolute atomic E-state index is 13.4. The van der Waals surface area contributed by atoms with Crippen LogP contribution in [-0.4, -0.2) is 81.5 Å². The third-order valence-electron chi connectivity index (χ3n) is 8.41. The van der Waals surface area contributed by atoms with Gasteiger partial charge >= 0.3 is 0 Å². The minimum Gasteiger partial charge on any atom is -0.338 e. The number of carbonyl (C=O) groups is 1. The molecule has 9 heteroatoms. The van der Waals surface area contributed by atoms with Crippen LogP contribution < -0.4 is 10.2 Å². The Labute approximate surface area is 207 Å². The van der Waals surface area contributed by atoms with Crippen LogP contribution in [0.4, 0.5) is 17.7 Å². The average Bonchev–Trinajstić information content (AvgIpc) is 3.65. The van der Waals surface area contributed by atoms with Crippen LogP contribution in [-0.2, 0) is 17.6 Å². The molecule has 0 bridgehead atoms. The molecule has 188 valence electrons. The SMILES string of the molecule is CN1CCN(C(=O)C2CCCN2c2nc3c(c(Nc4ncc(C5CCCCC5)[nH]4)n2)CCC3)CC1. The third-order valence-corrected chi connectivity index (χ3v) is 8.41. The fourth-order valence-electron chi connectivity index (χ4n) is 6.28. The van der Waals surface area contributed by atoms with Gasteiger partial charge in [-0.2, -0.15) is 4.98 Å². The zero-order chi connectivity index (χ0) is 23.8. The highest BCUT2D eigenvalue weighted by Crippen LogP contribution is 2.34. The highest BCUT2D eigenvalue weighted by molar-refractivity contribution is 5.85. The van der Waals surface area contributed by atoms with E-state index in [1.165, 1.54) is 43.4 Å². The molecule has 1 atom stereocenters. The number of carbonyl (C=O) groups excluding carboxylic acids is 1. The van der Waals surface area contributed by atoms with E-state index in [-0.39, 0.29) is 11.9 Å². The van der Waals surface area contributed by atoms with Crippen molar-refractivity contribution in [1.29, 1.82) is 0 Å². The Morgan fingerprint density at radius 3 is 2.63 bits per heavy atom. The summed E-state index contributed by atoms with van der Waals surface area (Å²) in [5, 5.41) is 3.49. The van der Waals surface area contributed by atoms with Crippen molar-refractivity contribution in [1.82, 2.24) is 29.7 Å². The predicted molar refractivity (Wildman–Crippen MR) is 136 cm³/mol. The molecule has 2 aliphatic heterocycles. The van der Waals surface area contributed by atoms with E-state index >= 15 is 0 Å². The molecule has 6 rings (SSSR count). The molecule has 2 aromatic heterocycles. The fourth-order valence-corrected chi connectivity index (χ4v) is 6.28. The van der Waals surface area contributed by atoms with Gasteiger partial charge < -0.3 is 25.0 Å². The Balaban J connectivity index is 1.23. The quantitative estimate of drug-likeness (QED) is 0.682. The first-order chi connectivity index (χ1) is 17.2. The topological polar surface area (TPSA) is 93.3 Å². The highest BCUT2D eigenvalue weighted by atomic mass is 16.2. The summed E-state index contributed by atoms with van der Waals surface area (Å²) in [4.78, 5) is 38.0. The van der Waals surface area contributed by atoms with E-state index in [0.717, 1.165) is 82.3 Å². The van der Waals surface area contributed by atoms with Crippen LogP contribution in [0, 0.1) is 0 Å². The van der Waals surface area contributed by atoms with Crippen LogP contribution in [0.3, 0.4) is 0 Å². The molecule has 4 aliphatic rings. The van der Waals surface area contributed by atoms with Gasteiger partial charge in [0.15, 0.2) is 0 Å².